The van der Waals surface area contributed by atoms with Crippen LogP contribution in [0.15, 0.2) is 102 Å². The Morgan fingerprint density at radius 1 is 0.925 bits per heavy atom. The zero-order valence-corrected chi connectivity index (χ0v) is 22.8. The Morgan fingerprint density at radius 2 is 1.62 bits per heavy atom. The average molecular weight is 535 g/mol. The monoisotopic (exact) mass is 534 g/mol. The molecule has 0 bridgehead atoms. The molecule has 7 heteroatoms. The largest absolute Gasteiger partial charge is 0.322 e. The molecule has 202 valence electrons. The molecule has 0 aliphatic rings. The number of aromatic nitrogens is 2. The molecule has 0 saturated heterocycles. The number of hydrogen-bond donors (Lipinski definition) is 1. The molecule has 1 unspecified atom stereocenters. The maximum absolute atomic E-state index is 14.5. The van der Waals surface area contributed by atoms with Crippen LogP contribution in [0.3, 0.4) is 0 Å². The van der Waals surface area contributed by atoms with Crippen molar-refractivity contribution in [3.05, 3.63) is 136 Å². The second-order valence-electron chi connectivity index (χ2n) is 9.84. The molecule has 1 aromatic heterocycles. The van der Waals surface area contributed by atoms with Gasteiger partial charge >= 0.3 is 6.03 Å². The van der Waals surface area contributed by atoms with Gasteiger partial charge in [-0.1, -0.05) is 67.6 Å². The number of anilines is 1. The SMILES string of the molecule is CCC(c1nc2ccccc2c(=O)n1-c1ccc(C)c(C)c1)N(Cc1ccccc1)C(=O)Nc1ccccc1F. The minimum atomic E-state index is -0.606. The Hall–Kier alpha value is -4.78. The molecule has 0 fully saturated rings. The van der Waals surface area contributed by atoms with E-state index in [9.17, 15) is 14.0 Å². The van der Waals surface area contributed by atoms with Crippen LogP contribution in [0, 0.1) is 19.7 Å². The normalized spacial score (nSPS) is 11.8. The van der Waals surface area contributed by atoms with Crippen molar-refractivity contribution >= 4 is 22.6 Å². The van der Waals surface area contributed by atoms with Gasteiger partial charge in [0.05, 0.1) is 28.3 Å². The van der Waals surface area contributed by atoms with Gasteiger partial charge in [0.25, 0.3) is 5.56 Å². The summed E-state index contributed by atoms with van der Waals surface area (Å²) in [5.74, 6) is -0.0894. The van der Waals surface area contributed by atoms with E-state index in [-0.39, 0.29) is 17.8 Å². The Balaban J connectivity index is 1.70. The van der Waals surface area contributed by atoms with Gasteiger partial charge in [-0.05, 0) is 73.4 Å². The minimum Gasteiger partial charge on any atom is -0.310 e. The van der Waals surface area contributed by atoms with Gasteiger partial charge in [-0.3, -0.25) is 9.36 Å². The average Bonchev–Trinajstić information content (AvgIpc) is 2.96. The van der Waals surface area contributed by atoms with E-state index in [1.165, 1.54) is 12.1 Å². The van der Waals surface area contributed by atoms with E-state index in [1.807, 2.05) is 81.4 Å². The van der Waals surface area contributed by atoms with E-state index in [2.05, 4.69) is 5.32 Å². The lowest BCUT2D eigenvalue weighted by atomic mass is 10.1. The van der Waals surface area contributed by atoms with Crippen LogP contribution in [-0.4, -0.2) is 20.5 Å². The Morgan fingerprint density at radius 3 is 2.35 bits per heavy atom. The molecule has 0 radical (unpaired) electrons. The molecule has 0 saturated carbocycles. The smallest absolute Gasteiger partial charge is 0.310 e. The maximum Gasteiger partial charge on any atom is 0.322 e. The summed E-state index contributed by atoms with van der Waals surface area (Å²) in [6, 6.07) is 27.6. The highest BCUT2D eigenvalue weighted by Crippen LogP contribution is 2.29. The number of halogens is 1. The van der Waals surface area contributed by atoms with Crippen LogP contribution in [0.25, 0.3) is 16.6 Å². The molecule has 40 heavy (non-hydrogen) atoms. The fourth-order valence-electron chi connectivity index (χ4n) is 4.88. The Kier molecular flexibility index (Phi) is 7.73. The summed E-state index contributed by atoms with van der Waals surface area (Å²) in [5, 5.41) is 3.23. The Labute approximate surface area is 232 Å². The fourth-order valence-corrected chi connectivity index (χ4v) is 4.88. The molecule has 1 atom stereocenters. The molecule has 0 aliphatic carbocycles. The molecule has 2 amide bonds. The van der Waals surface area contributed by atoms with Crippen LogP contribution in [0.4, 0.5) is 14.9 Å². The van der Waals surface area contributed by atoms with Gasteiger partial charge in [0.2, 0.25) is 0 Å². The van der Waals surface area contributed by atoms with Crippen LogP contribution in [0.2, 0.25) is 0 Å². The van der Waals surface area contributed by atoms with Crippen LogP contribution in [0.5, 0.6) is 0 Å². The number of benzene rings is 4. The highest BCUT2D eigenvalue weighted by molar-refractivity contribution is 5.89. The number of urea groups is 1. The fraction of sp³-hybridized carbons (Fsp3) is 0.182. The summed E-state index contributed by atoms with van der Waals surface area (Å²) in [6.07, 6.45) is 0.465. The summed E-state index contributed by atoms with van der Waals surface area (Å²) in [5.41, 5.74) is 4.13. The van der Waals surface area contributed by atoms with Gasteiger partial charge in [-0.15, -0.1) is 0 Å². The molecule has 1 heterocycles. The zero-order chi connectivity index (χ0) is 28.2. The number of fused-ring (bicyclic) bond motifs is 1. The third kappa shape index (κ3) is 5.36. The van der Waals surface area contributed by atoms with Crippen molar-refractivity contribution in [2.45, 2.75) is 39.8 Å². The topological polar surface area (TPSA) is 67.2 Å². The van der Waals surface area contributed by atoms with Crippen LogP contribution >= 0.6 is 0 Å². The van der Waals surface area contributed by atoms with Gasteiger partial charge < -0.3 is 10.2 Å². The van der Waals surface area contributed by atoms with Gasteiger partial charge in [-0.2, -0.15) is 0 Å². The standard InChI is InChI=1S/C33H31FN4O2/c1-4-30(37(21-24-12-6-5-7-13-24)33(40)36-29-17-11-9-15-27(29)34)31-35-28-16-10-8-14-26(28)32(39)38(31)25-19-18-22(2)23(3)20-25/h5-20,30H,4,21H2,1-3H3,(H,36,40). The summed E-state index contributed by atoms with van der Waals surface area (Å²) in [7, 11) is 0. The Bertz CT molecular complexity index is 1730. The summed E-state index contributed by atoms with van der Waals surface area (Å²) in [6.45, 7) is 6.20. The number of carbonyl (C=O) groups is 1. The predicted molar refractivity (Wildman–Crippen MR) is 157 cm³/mol. The van der Waals surface area contributed by atoms with E-state index < -0.39 is 17.9 Å². The number of rotatable bonds is 7. The number of para-hydroxylation sites is 2. The molecule has 5 aromatic rings. The zero-order valence-electron chi connectivity index (χ0n) is 22.8. The highest BCUT2D eigenvalue weighted by atomic mass is 19.1. The first kappa shape index (κ1) is 26.8. The molecule has 6 nitrogen and oxygen atoms in total. The molecule has 1 N–H and O–H groups in total. The van der Waals surface area contributed by atoms with Crippen molar-refractivity contribution in [3.8, 4) is 5.69 Å². The third-order valence-corrected chi connectivity index (χ3v) is 7.18. The summed E-state index contributed by atoms with van der Waals surface area (Å²) >= 11 is 0. The van der Waals surface area contributed by atoms with Crippen molar-refractivity contribution in [2.75, 3.05) is 5.32 Å². The first-order valence-electron chi connectivity index (χ1n) is 13.3. The van der Waals surface area contributed by atoms with E-state index in [4.69, 9.17) is 4.98 Å². The van der Waals surface area contributed by atoms with Crippen LogP contribution in [0.1, 0.15) is 41.9 Å². The number of nitrogens with zero attached hydrogens (tertiary/aromatic N) is 3. The number of amides is 2. The van der Waals surface area contributed by atoms with Crippen molar-refractivity contribution < 1.29 is 9.18 Å². The predicted octanol–water partition coefficient (Wildman–Crippen LogP) is 7.33. The van der Waals surface area contributed by atoms with E-state index in [0.717, 1.165) is 16.7 Å². The van der Waals surface area contributed by atoms with Gasteiger partial charge in [-0.25, -0.2) is 14.2 Å². The molecule has 0 spiro atoms. The van der Waals surface area contributed by atoms with Gasteiger partial charge in [0.15, 0.2) is 0 Å². The molecule has 0 aliphatic heterocycles. The first-order valence-corrected chi connectivity index (χ1v) is 13.3. The quantitative estimate of drug-likeness (QED) is 0.238. The number of carbonyl (C=O) groups excluding carboxylic acids is 1. The summed E-state index contributed by atoms with van der Waals surface area (Å²) < 4.78 is 16.1. The van der Waals surface area contributed by atoms with E-state index in [0.29, 0.717) is 28.8 Å². The number of hydrogen-bond acceptors (Lipinski definition) is 3. The van der Waals surface area contributed by atoms with Crippen LogP contribution < -0.4 is 10.9 Å². The highest BCUT2D eigenvalue weighted by Gasteiger charge is 2.30. The molecule has 4 aromatic carbocycles. The molecule has 5 rings (SSSR count). The van der Waals surface area contributed by atoms with Gasteiger partial charge in [0, 0.05) is 6.54 Å². The maximum atomic E-state index is 14.5. The van der Waals surface area contributed by atoms with E-state index >= 15 is 0 Å². The van der Waals surface area contributed by atoms with Crippen molar-refractivity contribution in [2.24, 2.45) is 0 Å². The second-order valence-corrected chi connectivity index (χ2v) is 9.84. The number of aryl methyl sites for hydroxylation is 2. The summed E-state index contributed by atoms with van der Waals surface area (Å²) in [4.78, 5) is 34.5. The lowest BCUT2D eigenvalue weighted by molar-refractivity contribution is 0.177. The lowest BCUT2D eigenvalue weighted by Crippen LogP contribution is -2.40. The van der Waals surface area contributed by atoms with Crippen LogP contribution in [-0.2, 0) is 6.54 Å². The number of nitrogens with one attached hydrogen (secondary N) is 1. The van der Waals surface area contributed by atoms with Gasteiger partial charge in [0.1, 0.15) is 11.6 Å². The second kappa shape index (κ2) is 11.5. The lowest BCUT2D eigenvalue weighted by Gasteiger charge is -2.32. The van der Waals surface area contributed by atoms with Crippen molar-refractivity contribution in [1.29, 1.82) is 0 Å². The first-order chi connectivity index (χ1) is 19.4. The van der Waals surface area contributed by atoms with E-state index in [1.54, 1.807) is 33.7 Å². The van der Waals surface area contributed by atoms with Crippen molar-refractivity contribution in [1.82, 2.24) is 14.5 Å². The third-order valence-electron chi connectivity index (χ3n) is 7.18. The van der Waals surface area contributed by atoms with Crippen molar-refractivity contribution in [3.63, 3.8) is 0 Å². The molecular weight excluding hydrogens is 503 g/mol. The molecular formula is C33H31FN4O2. The minimum absolute atomic E-state index is 0.0819.